The summed E-state index contributed by atoms with van der Waals surface area (Å²) in [7, 11) is -3.61. The number of thiophene rings is 1. The normalized spacial score (nSPS) is 15.4. The highest BCUT2D eigenvalue weighted by molar-refractivity contribution is 7.91. The Kier molecular flexibility index (Phi) is 5.63. The van der Waals surface area contributed by atoms with Crippen LogP contribution in [0.25, 0.3) is 0 Å². The second-order valence-electron chi connectivity index (χ2n) is 6.15. The molecule has 0 aromatic carbocycles. The van der Waals surface area contributed by atoms with E-state index in [2.05, 4.69) is 5.10 Å². The molecule has 0 bridgehead atoms. The largest absolute Gasteiger partial charge is 0.468 e. The average molecular weight is 444 g/mol. The molecular weight excluding hydrogens is 428 g/mol. The van der Waals surface area contributed by atoms with Gasteiger partial charge in [0.05, 0.1) is 10.0 Å². The van der Waals surface area contributed by atoms with Crippen LogP contribution in [0.1, 0.15) is 5.69 Å². The van der Waals surface area contributed by atoms with Crippen molar-refractivity contribution < 1.29 is 23.1 Å². The van der Waals surface area contributed by atoms with Gasteiger partial charge in [0, 0.05) is 26.2 Å². The van der Waals surface area contributed by atoms with E-state index in [0.29, 0.717) is 0 Å². The van der Waals surface area contributed by atoms with Gasteiger partial charge in [-0.2, -0.15) is 8.99 Å². The van der Waals surface area contributed by atoms with Crippen LogP contribution in [0, 0.1) is 27.2 Å². The maximum Gasteiger partial charge on any atom is 0.468 e. The van der Waals surface area contributed by atoms with Crippen LogP contribution >= 0.6 is 11.3 Å². The summed E-state index contributed by atoms with van der Waals surface area (Å²) in [6.45, 7) is 1.33. The molecule has 15 heteroatoms. The molecule has 2 aromatic heterocycles. The molecule has 0 atom stereocenters. The molecule has 1 aliphatic rings. The predicted molar refractivity (Wildman–Crippen MR) is 99.9 cm³/mol. The van der Waals surface area contributed by atoms with Gasteiger partial charge in [-0.25, -0.2) is 8.42 Å². The van der Waals surface area contributed by atoms with Gasteiger partial charge in [-0.05, 0) is 23.3 Å². The van der Waals surface area contributed by atoms with Crippen molar-refractivity contribution in [2.75, 3.05) is 26.2 Å². The highest BCUT2D eigenvalue weighted by Gasteiger charge is 2.37. The van der Waals surface area contributed by atoms with Crippen LogP contribution < -0.4 is 0 Å². The highest BCUT2D eigenvalue weighted by Crippen LogP contribution is 2.29. The van der Waals surface area contributed by atoms with Crippen molar-refractivity contribution in [2.24, 2.45) is 0 Å². The molecule has 0 N–H and O–H groups in total. The Balaban J connectivity index is 1.69. The minimum atomic E-state index is -3.61. The van der Waals surface area contributed by atoms with E-state index in [1.807, 2.05) is 0 Å². The van der Waals surface area contributed by atoms with Crippen LogP contribution in [0.3, 0.4) is 0 Å². The van der Waals surface area contributed by atoms with Gasteiger partial charge >= 0.3 is 11.5 Å². The number of amides is 1. The lowest BCUT2D eigenvalue weighted by molar-refractivity contribution is -0.424. The molecule has 1 saturated heterocycles. The SMILES string of the molecule is Cc1c([N+](=O)[O-])c([N+](=O)[O-])nn1CC(=O)N1CCN(S(=O)(=O)c2cccs2)CC1. The molecule has 0 saturated carbocycles. The lowest BCUT2D eigenvalue weighted by Gasteiger charge is -2.33. The number of carbonyl (C=O) groups is 1. The minimum absolute atomic E-state index is 0.102. The topological polar surface area (TPSA) is 162 Å². The third-order valence-corrected chi connectivity index (χ3v) is 7.75. The van der Waals surface area contributed by atoms with Crippen molar-refractivity contribution in [3.8, 4) is 0 Å². The molecule has 1 amide bonds. The number of hydrogen-bond donors (Lipinski definition) is 0. The predicted octanol–water partition coefficient (Wildman–Crippen LogP) is 0.603. The minimum Gasteiger partial charge on any atom is -0.358 e. The fourth-order valence-electron chi connectivity index (χ4n) is 2.95. The fourth-order valence-corrected chi connectivity index (χ4v) is 5.52. The summed E-state index contributed by atoms with van der Waals surface area (Å²) in [5, 5.41) is 27.3. The van der Waals surface area contributed by atoms with Crippen molar-refractivity contribution >= 4 is 38.8 Å². The Hall–Kier alpha value is -2.91. The molecule has 156 valence electrons. The van der Waals surface area contributed by atoms with Crippen LogP contribution in [0.5, 0.6) is 0 Å². The van der Waals surface area contributed by atoms with Gasteiger partial charge in [-0.1, -0.05) is 6.07 Å². The van der Waals surface area contributed by atoms with E-state index < -0.39 is 43.8 Å². The molecule has 0 spiro atoms. The van der Waals surface area contributed by atoms with Gasteiger partial charge in [0.25, 0.3) is 10.0 Å². The second kappa shape index (κ2) is 7.84. The van der Waals surface area contributed by atoms with E-state index >= 15 is 0 Å². The Labute approximate surface area is 168 Å². The second-order valence-corrected chi connectivity index (χ2v) is 9.26. The monoisotopic (exact) mass is 444 g/mol. The van der Waals surface area contributed by atoms with E-state index in [9.17, 15) is 33.4 Å². The first-order chi connectivity index (χ1) is 13.6. The van der Waals surface area contributed by atoms with E-state index in [0.717, 1.165) is 16.0 Å². The Morgan fingerprint density at radius 1 is 1.21 bits per heavy atom. The molecule has 3 heterocycles. The van der Waals surface area contributed by atoms with Gasteiger partial charge in [0.1, 0.15) is 16.4 Å². The number of hydrogen-bond acceptors (Lipinski definition) is 9. The highest BCUT2D eigenvalue weighted by atomic mass is 32.2. The summed E-state index contributed by atoms with van der Waals surface area (Å²) < 4.78 is 27.5. The maximum atomic E-state index is 12.5. The quantitative estimate of drug-likeness (QED) is 0.462. The van der Waals surface area contributed by atoms with Gasteiger partial charge in [0.2, 0.25) is 5.91 Å². The standard InChI is InChI=1S/C14H16N6O7S2/c1-10-13(19(22)23)14(20(24)25)15-18(10)9-11(21)16-4-6-17(7-5-16)29(26,27)12-3-2-8-28-12/h2-3,8H,4-7,9H2,1H3. The van der Waals surface area contributed by atoms with Crippen molar-refractivity contribution in [1.82, 2.24) is 19.0 Å². The molecule has 3 rings (SSSR count). The summed E-state index contributed by atoms with van der Waals surface area (Å²) in [6, 6.07) is 3.15. The third-order valence-electron chi connectivity index (χ3n) is 4.48. The first-order valence-electron chi connectivity index (χ1n) is 8.30. The Bertz CT molecular complexity index is 1050. The van der Waals surface area contributed by atoms with E-state index in [1.165, 1.54) is 22.2 Å². The maximum absolute atomic E-state index is 12.5. The van der Waals surface area contributed by atoms with Crippen molar-refractivity contribution in [3.05, 3.63) is 43.4 Å². The zero-order valence-electron chi connectivity index (χ0n) is 15.1. The van der Waals surface area contributed by atoms with Gasteiger partial charge in [0.15, 0.2) is 0 Å². The lowest BCUT2D eigenvalue weighted by atomic mass is 10.3. The van der Waals surface area contributed by atoms with Gasteiger partial charge in [-0.15, -0.1) is 11.3 Å². The first kappa shape index (κ1) is 20.8. The number of carbonyl (C=O) groups excluding carboxylic acids is 1. The van der Waals surface area contributed by atoms with Crippen LogP contribution in [-0.4, -0.2) is 69.3 Å². The van der Waals surface area contributed by atoms with Crippen molar-refractivity contribution in [1.29, 1.82) is 0 Å². The summed E-state index contributed by atoms with van der Waals surface area (Å²) in [6.07, 6.45) is 0. The first-order valence-corrected chi connectivity index (χ1v) is 10.6. The van der Waals surface area contributed by atoms with Crippen LogP contribution in [-0.2, 0) is 21.4 Å². The Morgan fingerprint density at radius 2 is 1.86 bits per heavy atom. The number of nitrogens with zero attached hydrogens (tertiary/aromatic N) is 6. The van der Waals surface area contributed by atoms with Crippen molar-refractivity contribution in [2.45, 2.75) is 17.7 Å². The molecule has 0 unspecified atom stereocenters. The number of aromatic nitrogens is 2. The van der Waals surface area contributed by atoms with Gasteiger partial charge in [-0.3, -0.25) is 14.9 Å². The number of sulfonamides is 1. The lowest BCUT2D eigenvalue weighted by Crippen LogP contribution is -2.51. The molecule has 29 heavy (non-hydrogen) atoms. The molecule has 2 aromatic rings. The van der Waals surface area contributed by atoms with Crippen LogP contribution in [0.2, 0.25) is 0 Å². The van der Waals surface area contributed by atoms with E-state index in [1.54, 1.807) is 11.4 Å². The molecule has 0 aliphatic carbocycles. The molecule has 13 nitrogen and oxygen atoms in total. The number of nitro groups is 2. The molecule has 1 fully saturated rings. The number of rotatable bonds is 6. The molecule has 0 radical (unpaired) electrons. The zero-order chi connectivity index (χ0) is 21.3. The summed E-state index contributed by atoms with van der Waals surface area (Å²) in [4.78, 5) is 34.1. The van der Waals surface area contributed by atoms with E-state index in [-0.39, 0.29) is 36.1 Å². The van der Waals surface area contributed by atoms with Crippen molar-refractivity contribution in [3.63, 3.8) is 0 Å². The van der Waals surface area contributed by atoms with Crippen LogP contribution in [0.15, 0.2) is 21.7 Å². The summed E-state index contributed by atoms with van der Waals surface area (Å²) in [5.41, 5.74) is -0.858. The van der Waals surface area contributed by atoms with E-state index in [4.69, 9.17) is 0 Å². The Morgan fingerprint density at radius 3 is 2.34 bits per heavy atom. The summed E-state index contributed by atoms with van der Waals surface area (Å²) >= 11 is 1.11. The third kappa shape index (κ3) is 3.96. The number of piperazine rings is 1. The average Bonchev–Trinajstić information content (AvgIpc) is 3.31. The molecule has 1 aliphatic heterocycles. The van der Waals surface area contributed by atoms with Gasteiger partial charge < -0.3 is 15.0 Å². The zero-order valence-corrected chi connectivity index (χ0v) is 16.8. The molecular formula is C14H16N6O7S2. The fraction of sp³-hybridized carbons (Fsp3) is 0.429. The summed E-state index contributed by atoms with van der Waals surface area (Å²) in [5.74, 6) is -1.39. The van der Waals surface area contributed by atoms with Crippen LogP contribution in [0.4, 0.5) is 11.5 Å². The smallest absolute Gasteiger partial charge is 0.358 e.